The number of carbonyl (C=O) groups is 1. The number of epoxide rings is 1. The molecule has 0 radical (unpaired) electrons. The van der Waals surface area contributed by atoms with E-state index in [1.54, 1.807) is 0 Å². The summed E-state index contributed by atoms with van der Waals surface area (Å²) in [7, 11) is 0. The highest BCUT2D eigenvalue weighted by molar-refractivity contribution is 5.74. The highest BCUT2D eigenvalue weighted by Gasteiger charge is 2.66. The van der Waals surface area contributed by atoms with Crippen molar-refractivity contribution in [3.63, 3.8) is 0 Å². The van der Waals surface area contributed by atoms with Crippen LogP contribution in [-0.2, 0) is 19.0 Å². The summed E-state index contributed by atoms with van der Waals surface area (Å²) >= 11 is 0. The Morgan fingerprint density at radius 2 is 2.23 bits per heavy atom. The number of hydrogen-bond acceptors (Lipinski definition) is 4. The van der Waals surface area contributed by atoms with Gasteiger partial charge in [0, 0.05) is 0 Å². The maximum atomic E-state index is 11.4. The Bertz CT molecular complexity index is 252. The number of hydrogen-bond donors (Lipinski definition) is 0. The van der Waals surface area contributed by atoms with Gasteiger partial charge in [0.2, 0.25) is 0 Å². The zero-order valence-corrected chi connectivity index (χ0v) is 7.43. The molecular formula is C9H12O4. The van der Waals surface area contributed by atoms with Crippen molar-refractivity contribution in [3.05, 3.63) is 0 Å². The molecule has 2 bridgehead atoms. The fourth-order valence-electron chi connectivity index (χ4n) is 2.43. The van der Waals surface area contributed by atoms with Crippen LogP contribution in [0.1, 0.15) is 13.3 Å². The summed E-state index contributed by atoms with van der Waals surface area (Å²) in [5.74, 6) is -0.197. The molecule has 0 N–H and O–H groups in total. The zero-order chi connectivity index (χ0) is 9.00. The minimum Gasteiger partial charge on any atom is -0.466 e. The van der Waals surface area contributed by atoms with E-state index in [0.717, 1.165) is 6.42 Å². The Labute approximate surface area is 76.1 Å². The molecule has 3 heterocycles. The summed E-state index contributed by atoms with van der Waals surface area (Å²) in [5, 5.41) is 0. The minimum atomic E-state index is -0.121. The van der Waals surface area contributed by atoms with E-state index in [2.05, 4.69) is 0 Å². The van der Waals surface area contributed by atoms with Gasteiger partial charge in [-0.25, -0.2) is 0 Å². The Hall–Kier alpha value is -0.610. The molecule has 0 unspecified atom stereocenters. The fraction of sp³-hybridized carbons (Fsp3) is 0.889. The van der Waals surface area contributed by atoms with Crippen LogP contribution in [-0.4, -0.2) is 37.0 Å². The van der Waals surface area contributed by atoms with Crippen molar-refractivity contribution in [3.8, 4) is 0 Å². The molecule has 4 heteroatoms. The molecular weight excluding hydrogens is 172 g/mol. The molecule has 3 fully saturated rings. The van der Waals surface area contributed by atoms with Crippen LogP contribution in [0, 0.1) is 5.92 Å². The number of carbonyl (C=O) groups excluding carboxylic acids is 1. The molecule has 0 aromatic heterocycles. The number of fused-ring (bicyclic) bond motifs is 5. The smallest absolute Gasteiger partial charge is 0.311 e. The standard InChI is InChI=1S/C9H12O4/c1-2-11-9(10)4-3-5-7-8(13-7)6(4)12-5/h4-8H,2-3H2,1H3/t4-,5+,6-,7+,8-/m0/s1. The lowest BCUT2D eigenvalue weighted by Gasteiger charge is -2.14. The van der Waals surface area contributed by atoms with Crippen LogP contribution >= 0.6 is 0 Å². The van der Waals surface area contributed by atoms with Crippen molar-refractivity contribution in [2.75, 3.05) is 6.61 Å². The predicted molar refractivity (Wildman–Crippen MR) is 42.1 cm³/mol. The Balaban J connectivity index is 1.70. The SMILES string of the molecule is CCOC(=O)[C@H]1C[C@H]2O[C@@H]1[C@@H]1O[C@@H]12. The quantitative estimate of drug-likeness (QED) is 0.451. The lowest BCUT2D eigenvalue weighted by atomic mass is 9.89. The topological polar surface area (TPSA) is 48.1 Å². The summed E-state index contributed by atoms with van der Waals surface area (Å²) in [4.78, 5) is 11.4. The van der Waals surface area contributed by atoms with E-state index in [1.807, 2.05) is 6.92 Å². The first kappa shape index (κ1) is 7.76. The third-order valence-electron chi connectivity index (χ3n) is 3.06. The van der Waals surface area contributed by atoms with Crippen molar-refractivity contribution < 1.29 is 19.0 Å². The first-order valence-electron chi connectivity index (χ1n) is 4.79. The lowest BCUT2D eigenvalue weighted by Crippen LogP contribution is -2.31. The normalized spacial score (nSPS) is 50.4. The van der Waals surface area contributed by atoms with Crippen LogP contribution in [0.25, 0.3) is 0 Å². The largest absolute Gasteiger partial charge is 0.466 e. The molecule has 3 rings (SSSR count). The van der Waals surface area contributed by atoms with Gasteiger partial charge in [-0.1, -0.05) is 0 Å². The van der Waals surface area contributed by atoms with Crippen LogP contribution in [0.15, 0.2) is 0 Å². The molecule has 0 spiro atoms. The number of ether oxygens (including phenoxy) is 3. The first-order chi connectivity index (χ1) is 6.31. The van der Waals surface area contributed by atoms with E-state index >= 15 is 0 Å². The molecule has 0 saturated carbocycles. The highest BCUT2D eigenvalue weighted by Crippen LogP contribution is 2.51. The molecule has 3 saturated heterocycles. The molecule has 0 aromatic carbocycles. The Morgan fingerprint density at radius 3 is 2.85 bits per heavy atom. The van der Waals surface area contributed by atoms with E-state index < -0.39 is 0 Å². The highest BCUT2D eigenvalue weighted by atomic mass is 16.7. The van der Waals surface area contributed by atoms with E-state index in [-0.39, 0.29) is 36.3 Å². The molecule has 0 aromatic rings. The maximum Gasteiger partial charge on any atom is 0.311 e. The van der Waals surface area contributed by atoms with Gasteiger partial charge >= 0.3 is 5.97 Å². The van der Waals surface area contributed by atoms with Gasteiger partial charge in [-0.05, 0) is 13.3 Å². The molecule has 72 valence electrons. The van der Waals surface area contributed by atoms with E-state index in [4.69, 9.17) is 14.2 Å². The van der Waals surface area contributed by atoms with E-state index in [0.29, 0.717) is 6.61 Å². The fourth-order valence-corrected chi connectivity index (χ4v) is 2.43. The zero-order valence-electron chi connectivity index (χ0n) is 7.43. The van der Waals surface area contributed by atoms with Crippen LogP contribution in [0.5, 0.6) is 0 Å². The van der Waals surface area contributed by atoms with Crippen LogP contribution < -0.4 is 0 Å². The van der Waals surface area contributed by atoms with Gasteiger partial charge in [0.1, 0.15) is 18.3 Å². The second-order valence-electron chi connectivity index (χ2n) is 3.80. The molecule has 13 heavy (non-hydrogen) atoms. The number of rotatable bonds is 2. The second-order valence-corrected chi connectivity index (χ2v) is 3.80. The van der Waals surface area contributed by atoms with Crippen LogP contribution in [0.3, 0.4) is 0 Å². The second kappa shape index (κ2) is 2.45. The molecule has 4 nitrogen and oxygen atoms in total. The summed E-state index contributed by atoms with van der Waals surface area (Å²) in [6, 6.07) is 0. The average Bonchev–Trinajstić information content (AvgIpc) is 2.72. The van der Waals surface area contributed by atoms with Gasteiger partial charge in [0.15, 0.2) is 0 Å². The summed E-state index contributed by atoms with van der Waals surface area (Å²) in [6.45, 7) is 2.27. The predicted octanol–water partition coefficient (Wildman–Crippen LogP) is 0.104. The monoisotopic (exact) mass is 184 g/mol. The summed E-state index contributed by atoms with van der Waals surface area (Å²) in [6.07, 6.45) is 1.40. The molecule has 3 aliphatic rings. The summed E-state index contributed by atoms with van der Waals surface area (Å²) in [5.41, 5.74) is 0. The molecule has 5 atom stereocenters. The minimum absolute atomic E-state index is 0.0194. The number of esters is 1. The van der Waals surface area contributed by atoms with Crippen molar-refractivity contribution in [2.24, 2.45) is 5.92 Å². The third kappa shape index (κ3) is 0.957. The first-order valence-corrected chi connectivity index (χ1v) is 4.79. The Morgan fingerprint density at radius 1 is 1.38 bits per heavy atom. The van der Waals surface area contributed by atoms with Crippen molar-refractivity contribution in [1.29, 1.82) is 0 Å². The summed E-state index contributed by atoms with van der Waals surface area (Å²) < 4.78 is 15.9. The molecule has 0 amide bonds. The average molecular weight is 184 g/mol. The van der Waals surface area contributed by atoms with Crippen molar-refractivity contribution in [1.82, 2.24) is 0 Å². The third-order valence-corrected chi connectivity index (χ3v) is 3.06. The van der Waals surface area contributed by atoms with Crippen molar-refractivity contribution in [2.45, 2.75) is 37.8 Å². The van der Waals surface area contributed by atoms with Gasteiger partial charge in [-0.15, -0.1) is 0 Å². The van der Waals surface area contributed by atoms with Gasteiger partial charge in [0.25, 0.3) is 0 Å². The lowest BCUT2D eigenvalue weighted by molar-refractivity contribution is -0.150. The van der Waals surface area contributed by atoms with E-state index in [9.17, 15) is 4.79 Å². The van der Waals surface area contributed by atoms with Crippen molar-refractivity contribution >= 4 is 5.97 Å². The van der Waals surface area contributed by atoms with Gasteiger partial charge < -0.3 is 14.2 Å². The van der Waals surface area contributed by atoms with Crippen LogP contribution in [0.2, 0.25) is 0 Å². The molecule has 3 aliphatic heterocycles. The maximum absolute atomic E-state index is 11.4. The van der Waals surface area contributed by atoms with E-state index in [1.165, 1.54) is 0 Å². The molecule has 0 aliphatic carbocycles. The van der Waals surface area contributed by atoms with Gasteiger partial charge in [-0.2, -0.15) is 0 Å². The Kier molecular flexibility index (Phi) is 1.46. The van der Waals surface area contributed by atoms with Crippen LogP contribution in [0.4, 0.5) is 0 Å². The van der Waals surface area contributed by atoms with Gasteiger partial charge in [-0.3, -0.25) is 4.79 Å². The van der Waals surface area contributed by atoms with Gasteiger partial charge in [0.05, 0.1) is 18.6 Å².